The smallest absolute Gasteiger partial charge is 0.345 e. The molecule has 1 heterocycles. The van der Waals surface area contributed by atoms with E-state index in [1.165, 1.54) is 4.90 Å². The lowest BCUT2D eigenvalue weighted by atomic mass is 10.0. The summed E-state index contributed by atoms with van der Waals surface area (Å²) in [5, 5.41) is 0. The van der Waals surface area contributed by atoms with Crippen LogP contribution >= 0.6 is 0 Å². The Morgan fingerprint density at radius 1 is 0.882 bits per heavy atom. The van der Waals surface area contributed by atoms with Gasteiger partial charge in [0.15, 0.2) is 0 Å². The highest BCUT2D eigenvalue weighted by Crippen LogP contribution is 2.36. The number of hydrogen-bond donors (Lipinski definition) is 0. The van der Waals surface area contributed by atoms with Crippen molar-refractivity contribution in [2.24, 2.45) is 5.92 Å². The van der Waals surface area contributed by atoms with Crippen molar-refractivity contribution in [2.75, 3.05) is 6.54 Å². The third-order valence-corrected chi connectivity index (χ3v) is 5.18. The highest BCUT2D eigenvalue weighted by Gasteiger charge is 2.38. The summed E-state index contributed by atoms with van der Waals surface area (Å²) in [7, 11) is 0. The van der Waals surface area contributed by atoms with Crippen molar-refractivity contribution in [3.8, 4) is 0 Å². The van der Waals surface area contributed by atoms with Crippen LogP contribution in [-0.4, -0.2) is 21.9 Å². The van der Waals surface area contributed by atoms with Gasteiger partial charge >= 0.3 is 12.4 Å². The number of aromatic nitrogens is 1. The van der Waals surface area contributed by atoms with Crippen LogP contribution in [0, 0.1) is 5.92 Å². The van der Waals surface area contributed by atoms with Gasteiger partial charge in [-0.3, -0.25) is 4.79 Å². The van der Waals surface area contributed by atoms with E-state index in [0.29, 0.717) is 24.4 Å². The molecule has 0 atom stereocenters. The van der Waals surface area contributed by atoms with Crippen LogP contribution in [0.5, 0.6) is 0 Å². The van der Waals surface area contributed by atoms with Gasteiger partial charge in [0.25, 0.3) is 5.91 Å². The van der Waals surface area contributed by atoms with E-state index in [9.17, 15) is 31.1 Å². The van der Waals surface area contributed by atoms with Crippen molar-refractivity contribution in [1.29, 1.82) is 0 Å². The van der Waals surface area contributed by atoms with Crippen molar-refractivity contribution < 1.29 is 31.1 Å². The van der Waals surface area contributed by atoms with Gasteiger partial charge in [-0.05, 0) is 41.8 Å². The lowest BCUT2D eigenvalue weighted by Gasteiger charge is -2.26. The molecule has 1 amide bonds. The number of benzene rings is 2. The van der Waals surface area contributed by atoms with Crippen molar-refractivity contribution in [1.82, 2.24) is 9.47 Å². The molecule has 9 heteroatoms. The van der Waals surface area contributed by atoms with Crippen LogP contribution in [0.2, 0.25) is 0 Å². The Kier molecular flexibility index (Phi) is 7.43. The van der Waals surface area contributed by atoms with Crippen molar-refractivity contribution in [3.63, 3.8) is 0 Å². The first kappa shape index (κ1) is 25.4. The molecule has 0 aliphatic rings. The lowest BCUT2D eigenvalue weighted by Crippen LogP contribution is -2.35. The van der Waals surface area contributed by atoms with E-state index in [1.54, 1.807) is 12.1 Å². The van der Waals surface area contributed by atoms with Gasteiger partial charge in [-0.15, -0.1) is 0 Å². The van der Waals surface area contributed by atoms with E-state index in [1.807, 2.05) is 54.9 Å². The van der Waals surface area contributed by atoms with Gasteiger partial charge in [0.05, 0.1) is 17.7 Å². The van der Waals surface area contributed by atoms with Crippen molar-refractivity contribution >= 4 is 5.91 Å². The first-order chi connectivity index (χ1) is 15.8. The second-order valence-electron chi connectivity index (χ2n) is 8.49. The summed E-state index contributed by atoms with van der Waals surface area (Å²) in [6.07, 6.45) is -8.24. The molecule has 0 aliphatic carbocycles. The first-order valence-corrected chi connectivity index (χ1v) is 10.6. The molecule has 1 aromatic heterocycles. The van der Waals surface area contributed by atoms with Crippen molar-refractivity contribution in [3.05, 3.63) is 94.8 Å². The number of carbonyl (C=O) groups excluding carboxylic acids is 1. The fourth-order valence-corrected chi connectivity index (χ4v) is 3.64. The van der Waals surface area contributed by atoms with Gasteiger partial charge in [0.2, 0.25) is 0 Å². The maximum atomic E-state index is 13.3. The Labute approximate surface area is 193 Å². The number of rotatable bonds is 7. The van der Waals surface area contributed by atoms with Crippen LogP contribution in [0.4, 0.5) is 26.3 Å². The maximum Gasteiger partial charge on any atom is 0.416 e. The Bertz CT molecular complexity index is 1080. The quantitative estimate of drug-likeness (QED) is 0.337. The van der Waals surface area contributed by atoms with Crippen LogP contribution in [0.15, 0.2) is 66.9 Å². The van der Waals surface area contributed by atoms with Crippen LogP contribution in [0.1, 0.15) is 46.6 Å². The molecule has 3 aromatic rings. The molecule has 0 aliphatic heterocycles. The summed E-state index contributed by atoms with van der Waals surface area (Å²) >= 11 is 0. The number of carbonyl (C=O) groups is 1. The second-order valence-corrected chi connectivity index (χ2v) is 8.49. The third kappa shape index (κ3) is 6.42. The first-order valence-electron chi connectivity index (χ1n) is 10.6. The fourth-order valence-electron chi connectivity index (χ4n) is 3.64. The molecule has 3 nitrogen and oxygen atoms in total. The molecule has 0 radical (unpaired) electrons. The summed E-state index contributed by atoms with van der Waals surface area (Å²) in [6, 6.07) is 14.1. The Morgan fingerprint density at radius 3 is 2.00 bits per heavy atom. The number of alkyl halides is 6. The van der Waals surface area contributed by atoms with E-state index in [4.69, 9.17) is 0 Å². The predicted octanol–water partition coefficient (Wildman–Crippen LogP) is 6.87. The molecule has 0 spiro atoms. The average molecular weight is 482 g/mol. The zero-order chi connectivity index (χ0) is 25.1. The van der Waals surface area contributed by atoms with Gasteiger partial charge in [0, 0.05) is 30.5 Å². The highest BCUT2D eigenvalue weighted by molar-refractivity contribution is 5.94. The van der Waals surface area contributed by atoms with Crippen LogP contribution in [0.3, 0.4) is 0 Å². The fraction of sp³-hybridized carbons (Fsp3) is 0.320. The molecule has 3 rings (SSSR count). The van der Waals surface area contributed by atoms with E-state index < -0.39 is 35.0 Å². The molecule has 34 heavy (non-hydrogen) atoms. The Morgan fingerprint density at radius 2 is 1.47 bits per heavy atom. The molecule has 0 saturated carbocycles. The SMILES string of the molecule is CC(C)CN(Cc1cccn1Cc1ccccc1)C(=O)c1cc(C(F)(F)F)cc(C(F)(F)F)c1. The second kappa shape index (κ2) is 9.95. The minimum Gasteiger partial charge on any atom is -0.345 e. The summed E-state index contributed by atoms with van der Waals surface area (Å²) in [4.78, 5) is 14.5. The Balaban J connectivity index is 1.95. The molecule has 0 unspecified atom stereocenters. The third-order valence-electron chi connectivity index (χ3n) is 5.18. The maximum absolute atomic E-state index is 13.3. The zero-order valence-corrected chi connectivity index (χ0v) is 18.6. The normalized spacial score (nSPS) is 12.3. The van der Waals surface area contributed by atoms with E-state index in [2.05, 4.69) is 0 Å². The predicted molar refractivity (Wildman–Crippen MR) is 116 cm³/mol. The van der Waals surface area contributed by atoms with Gasteiger partial charge < -0.3 is 9.47 Å². The number of halogens is 6. The van der Waals surface area contributed by atoms with Crippen molar-refractivity contribution in [2.45, 2.75) is 39.3 Å². The molecule has 0 bridgehead atoms. The molecule has 0 saturated heterocycles. The van der Waals surface area contributed by atoms with E-state index in [-0.39, 0.29) is 25.1 Å². The highest BCUT2D eigenvalue weighted by atomic mass is 19.4. The summed E-state index contributed by atoms with van der Waals surface area (Å²) in [6.45, 7) is 4.34. The van der Waals surface area contributed by atoms with Gasteiger partial charge in [-0.2, -0.15) is 26.3 Å². The van der Waals surface area contributed by atoms with Gasteiger partial charge in [-0.25, -0.2) is 0 Å². The largest absolute Gasteiger partial charge is 0.416 e. The minimum absolute atomic E-state index is 0.0224. The number of nitrogens with zero attached hydrogens (tertiary/aromatic N) is 2. The number of amides is 1. The van der Waals surface area contributed by atoms with Gasteiger partial charge in [0.1, 0.15) is 0 Å². The number of hydrogen-bond acceptors (Lipinski definition) is 1. The molecular formula is C25H24F6N2O. The molecule has 0 fully saturated rings. The molecule has 2 aromatic carbocycles. The molecule has 0 N–H and O–H groups in total. The monoisotopic (exact) mass is 482 g/mol. The minimum atomic E-state index is -5.02. The van der Waals surface area contributed by atoms with Crippen LogP contribution in [0.25, 0.3) is 0 Å². The van der Waals surface area contributed by atoms with E-state index >= 15 is 0 Å². The standard InChI is InChI=1S/C25H24F6N2O/c1-17(2)14-33(16-22-9-6-10-32(22)15-18-7-4-3-5-8-18)23(34)19-11-20(24(26,27)28)13-21(12-19)25(29,30)31/h3-13,17H,14-16H2,1-2H3. The van der Waals surface area contributed by atoms with E-state index in [0.717, 1.165) is 5.56 Å². The summed E-state index contributed by atoms with van der Waals surface area (Å²) in [5.74, 6) is -0.952. The Hall–Kier alpha value is -3.23. The summed E-state index contributed by atoms with van der Waals surface area (Å²) < 4.78 is 81.6. The van der Waals surface area contributed by atoms with Crippen LogP contribution < -0.4 is 0 Å². The average Bonchev–Trinajstić information content (AvgIpc) is 3.18. The lowest BCUT2D eigenvalue weighted by molar-refractivity contribution is -0.143. The summed E-state index contributed by atoms with van der Waals surface area (Å²) in [5.41, 5.74) is -1.95. The molecular weight excluding hydrogens is 458 g/mol. The van der Waals surface area contributed by atoms with Crippen LogP contribution in [-0.2, 0) is 25.4 Å². The van der Waals surface area contributed by atoms with Gasteiger partial charge in [-0.1, -0.05) is 44.2 Å². The topological polar surface area (TPSA) is 25.2 Å². The molecule has 182 valence electrons. The zero-order valence-electron chi connectivity index (χ0n) is 18.6.